The van der Waals surface area contributed by atoms with Crippen LogP contribution in [0.15, 0.2) is 71.3 Å². The smallest absolute Gasteiger partial charge is 0.291 e. The molecule has 0 aliphatic rings. The molecule has 7 nitrogen and oxygen atoms in total. The van der Waals surface area contributed by atoms with Gasteiger partial charge in [0.1, 0.15) is 5.75 Å². The highest BCUT2D eigenvalue weighted by atomic mass is 16.5. The number of benzene rings is 2. The van der Waals surface area contributed by atoms with Crippen LogP contribution in [0.3, 0.4) is 0 Å². The van der Waals surface area contributed by atoms with Crippen molar-refractivity contribution in [3.8, 4) is 5.75 Å². The van der Waals surface area contributed by atoms with Crippen LogP contribution < -0.4 is 20.7 Å². The fourth-order valence-corrected chi connectivity index (χ4v) is 2.55. The number of nitrogens with one attached hydrogen (secondary N) is 3. The van der Waals surface area contributed by atoms with Gasteiger partial charge in [-0.1, -0.05) is 18.2 Å². The molecule has 0 atom stereocenters. The van der Waals surface area contributed by atoms with Crippen LogP contribution in [-0.2, 0) is 4.79 Å². The normalized spacial score (nSPS) is 10.2. The van der Waals surface area contributed by atoms with Crippen LogP contribution in [0.2, 0.25) is 0 Å². The van der Waals surface area contributed by atoms with Gasteiger partial charge in [-0.05, 0) is 49.4 Å². The van der Waals surface area contributed by atoms with E-state index in [2.05, 4.69) is 16.0 Å². The van der Waals surface area contributed by atoms with Crippen LogP contribution in [0.1, 0.15) is 17.5 Å². The molecule has 0 aliphatic carbocycles. The van der Waals surface area contributed by atoms with E-state index in [9.17, 15) is 9.59 Å². The molecule has 1 aromatic heterocycles. The number of para-hydroxylation sites is 2. The topological polar surface area (TPSA) is 92.6 Å². The van der Waals surface area contributed by atoms with Gasteiger partial charge >= 0.3 is 0 Å². The summed E-state index contributed by atoms with van der Waals surface area (Å²) in [5, 5.41) is 8.58. The molecule has 2 aromatic carbocycles. The highest BCUT2D eigenvalue weighted by molar-refractivity contribution is 6.02. The molecule has 0 aliphatic heterocycles. The fourth-order valence-electron chi connectivity index (χ4n) is 2.55. The standard InChI is InChI=1S/C21H21N3O4/c1-2-27-18-10-4-3-9-17(18)22-14-20(25)23-15-7-5-8-16(13-15)24-21(26)19-11-6-12-28-19/h3-13,22H,2,14H2,1H3,(H,23,25)(H,24,26). The minimum Gasteiger partial charge on any atom is -0.492 e. The van der Waals surface area contributed by atoms with Crippen molar-refractivity contribution in [3.05, 3.63) is 72.7 Å². The number of hydrogen-bond acceptors (Lipinski definition) is 5. The van der Waals surface area contributed by atoms with E-state index in [1.807, 2.05) is 31.2 Å². The summed E-state index contributed by atoms with van der Waals surface area (Å²) in [5.41, 5.74) is 1.87. The molecule has 0 radical (unpaired) electrons. The van der Waals surface area contributed by atoms with Crippen LogP contribution >= 0.6 is 0 Å². The summed E-state index contributed by atoms with van der Waals surface area (Å²) in [6.45, 7) is 2.52. The SMILES string of the molecule is CCOc1ccccc1NCC(=O)Nc1cccc(NC(=O)c2ccco2)c1. The van der Waals surface area contributed by atoms with Gasteiger partial charge in [-0.25, -0.2) is 0 Å². The predicted molar refractivity (Wildman–Crippen MR) is 108 cm³/mol. The molecule has 3 N–H and O–H groups in total. The van der Waals surface area contributed by atoms with Gasteiger partial charge in [0.25, 0.3) is 5.91 Å². The molecule has 0 bridgehead atoms. The Hall–Kier alpha value is -3.74. The van der Waals surface area contributed by atoms with E-state index in [1.54, 1.807) is 36.4 Å². The molecular formula is C21H21N3O4. The van der Waals surface area contributed by atoms with Crippen molar-refractivity contribution in [1.82, 2.24) is 0 Å². The molecule has 0 unspecified atom stereocenters. The lowest BCUT2D eigenvalue weighted by Gasteiger charge is -2.12. The Morgan fingerprint density at radius 3 is 2.50 bits per heavy atom. The zero-order valence-electron chi connectivity index (χ0n) is 15.4. The van der Waals surface area contributed by atoms with Gasteiger partial charge in [0.15, 0.2) is 5.76 Å². The Labute approximate surface area is 162 Å². The van der Waals surface area contributed by atoms with Gasteiger partial charge in [0.05, 0.1) is 25.1 Å². The van der Waals surface area contributed by atoms with Crippen molar-refractivity contribution in [3.63, 3.8) is 0 Å². The van der Waals surface area contributed by atoms with Crippen molar-refractivity contribution < 1.29 is 18.7 Å². The summed E-state index contributed by atoms with van der Waals surface area (Å²) >= 11 is 0. The lowest BCUT2D eigenvalue weighted by Crippen LogP contribution is -2.22. The maximum absolute atomic E-state index is 12.3. The molecule has 7 heteroatoms. The lowest BCUT2D eigenvalue weighted by atomic mass is 10.2. The van der Waals surface area contributed by atoms with Crippen LogP contribution in [0, 0.1) is 0 Å². The van der Waals surface area contributed by atoms with Crippen molar-refractivity contribution >= 4 is 28.9 Å². The summed E-state index contributed by atoms with van der Waals surface area (Å²) in [4.78, 5) is 24.3. The Kier molecular flexibility index (Phi) is 6.30. The second kappa shape index (κ2) is 9.27. The number of hydrogen-bond donors (Lipinski definition) is 3. The predicted octanol–water partition coefficient (Wildman–Crippen LogP) is 3.98. The molecule has 3 rings (SSSR count). The second-order valence-electron chi connectivity index (χ2n) is 5.84. The van der Waals surface area contributed by atoms with Gasteiger partial charge in [-0.3, -0.25) is 9.59 Å². The second-order valence-corrected chi connectivity index (χ2v) is 5.84. The molecule has 1 heterocycles. The number of carbonyl (C=O) groups is 2. The zero-order chi connectivity index (χ0) is 19.8. The van der Waals surface area contributed by atoms with Crippen LogP contribution in [0.4, 0.5) is 17.1 Å². The minimum absolute atomic E-state index is 0.0765. The van der Waals surface area contributed by atoms with Gasteiger partial charge in [-0.15, -0.1) is 0 Å². The number of ether oxygens (including phenoxy) is 1. The maximum atomic E-state index is 12.3. The number of anilines is 3. The zero-order valence-corrected chi connectivity index (χ0v) is 15.4. The fraction of sp³-hybridized carbons (Fsp3) is 0.143. The average molecular weight is 379 g/mol. The van der Waals surface area contributed by atoms with Gasteiger partial charge < -0.3 is 25.1 Å². The molecule has 0 saturated carbocycles. The highest BCUT2D eigenvalue weighted by Gasteiger charge is 2.10. The first-order valence-corrected chi connectivity index (χ1v) is 8.86. The van der Waals surface area contributed by atoms with E-state index in [4.69, 9.17) is 9.15 Å². The van der Waals surface area contributed by atoms with E-state index in [1.165, 1.54) is 6.26 Å². The summed E-state index contributed by atoms with van der Waals surface area (Å²) in [6, 6.07) is 17.5. The van der Waals surface area contributed by atoms with Crippen molar-refractivity contribution in [1.29, 1.82) is 0 Å². The molecule has 2 amide bonds. The first-order valence-electron chi connectivity index (χ1n) is 8.86. The van der Waals surface area contributed by atoms with Crippen LogP contribution in [0.5, 0.6) is 5.75 Å². The molecule has 28 heavy (non-hydrogen) atoms. The quantitative estimate of drug-likeness (QED) is 0.550. The number of furan rings is 1. The molecule has 3 aromatic rings. The Morgan fingerprint density at radius 1 is 0.964 bits per heavy atom. The number of rotatable bonds is 8. The lowest BCUT2D eigenvalue weighted by molar-refractivity contribution is -0.114. The summed E-state index contributed by atoms with van der Waals surface area (Å²) in [5.74, 6) is 0.329. The van der Waals surface area contributed by atoms with E-state index in [-0.39, 0.29) is 24.1 Å². The largest absolute Gasteiger partial charge is 0.492 e. The first-order chi connectivity index (χ1) is 13.7. The van der Waals surface area contributed by atoms with Gasteiger partial charge in [0, 0.05) is 11.4 Å². The van der Waals surface area contributed by atoms with Gasteiger partial charge in [-0.2, -0.15) is 0 Å². The third-order valence-electron chi connectivity index (χ3n) is 3.78. The van der Waals surface area contributed by atoms with Gasteiger partial charge in [0.2, 0.25) is 5.91 Å². The molecule has 0 spiro atoms. The van der Waals surface area contributed by atoms with E-state index < -0.39 is 0 Å². The Morgan fingerprint density at radius 2 is 1.75 bits per heavy atom. The number of amides is 2. The molecular weight excluding hydrogens is 358 g/mol. The van der Waals surface area contributed by atoms with Crippen molar-refractivity contribution in [2.24, 2.45) is 0 Å². The Bertz CT molecular complexity index is 938. The average Bonchev–Trinajstić information content (AvgIpc) is 3.23. The number of carbonyl (C=O) groups excluding carboxylic acids is 2. The van der Waals surface area contributed by atoms with Crippen molar-refractivity contribution in [2.45, 2.75) is 6.92 Å². The third kappa shape index (κ3) is 5.14. The van der Waals surface area contributed by atoms with Crippen molar-refractivity contribution in [2.75, 3.05) is 29.1 Å². The maximum Gasteiger partial charge on any atom is 0.291 e. The third-order valence-corrected chi connectivity index (χ3v) is 3.78. The monoisotopic (exact) mass is 379 g/mol. The highest BCUT2D eigenvalue weighted by Crippen LogP contribution is 2.23. The van der Waals surface area contributed by atoms with E-state index in [0.717, 1.165) is 5.69 Å². The van der Waals surface area contributed by atoms with Crippen LogP contribution in [0.25, 0.3) is 0 Å². The molecule has 0 fully saturated rings. The van der Waals surface area contributed by atoms with E-state index >= 15 is 0 Å². The summed E-state index contributed by atoms with van der Waals surface area (Å²) in [7, 11) is 0. The Balaban J connectivity index is 1.56. The van der Waals surface area contributed by atoms with E-state index in [0.29, 0.717) is 23.7 Å². The minimum atomic E-state index is -0.359. The summed E-state index contributed by atoms with van der Waals surface area (Å²) in [6.07, 6.45) is 1.43. The molecule has 0 saturated heterocycles. The first kappa shape index (κ1) is 19.0. The summed E-state index contributed by atoms with van der Waals surface area (Å²) < 4.78 is 10.6. The van der Waals surface area contributed by atoms with Crippen LogP contribution in [-0.4, -0.2) is 25.0 Å². The molecule has 144 valence electrons.